The van der Waals surface area contributed by atoms with Crippen molar-refractivity contribution >= 4 is 12.0 Å². The Morgan fingerprint density at radius 1 is 1.38 bits per heavy atom. The van der Waals surface area contributed by atoms with E-state index in [1.54, 1.807) is 6.08 Å². The molecule has 1 aliphatic rings. The number of nitrogens with one attached hydrogen (secondary N) is 2. The fourth-order valence-electron chi connectivity index (χ4n) is 1.76. The summed E-state index contributed by atoms with van der Waals surface area (Å²) in [5.41, 5.74) is 1.04. The Morgan fingerprint density at radius 2 is 2.19 bits per heavy atom. The standard InChI is InChI=1S/C13H16N2O/c16-13(15-12-8-9-14-10-12)7-6-11-4-2-1-3-5-11/h1-7,12,14H,8-10H2,(H,15,16)/b7-6+. The normalized spacial score (nSPS) is 20.1. The third-order valence-corrected chi connectivity index (χ3v) is 2.63. The maximum atomic E-state index is 11.5. The van der Waals surface area contributed by atoms with Gasteiger partial charge >= 0.3 is 0 Å². The van der Waals surface area contributed by atoms with Crippen molar-refractivity contribution in [2.45, 2.75) is 12.5 Å². The maximum absolute atomic E-state index is 11.5. The quantitative estimate of drug-likeness (QED) is 0.745. The number of hydrogen-bond donors (Lipinski definition) is 2. The van der Waals surface area contributed by atoms with Crippen LogP contribution in [-0.4, -0.2) is 25.0 Å². The van der Waals surface area contributed by atoms with Crippen LogP contribution in [0.15, 0.2) is 36.4 Å². The Hall–Kier alpha value is -1.61. The average Bonchev–Trinajstić information content (AvgIpc) is 2.81. The van der Waals surface area contributed by atoms with Crippen molar-refractivity contribution in [3.63, 3.8) is 0 Å². The fourth-order valence-corrected chi connectivity index (χ4v) is 1.76. The molecule has 1 aromatic carbocycles. The molecular weight excluding hydrogens is 200 g/mol. The highest BCUT2D eigenvalue weighted by Gasteiger charge is 2.14. The second kappa shape index (κ2) is 5.47. The van der Waals surface area contributed by atoms with Gasteiger partial charge < -0.3 is 10.6 Å². The second-order valence-electron chi connectivity index (χ2n) is 3.94. The summed E-state index contributed by atoms with van der Waals surface area (Å²) in [7, 11) is 0. The van der Waals surface area contributed by atoms with E-state index in [0.29, 0.717) is 0 Å². The van der Waals surface area contributed by atoms with Gasteiger partial charge in [-0.25, -0.2) is 0 Å². The highest BCUT2D eigenvalue weighted by molar-refractivity contribution is 5.91. The lowest BCUT2D eigenvalue weighted by atomic mass is 10.2. The molecule has 0 aromatic heterocycles. The van der Waals surface area contributed by atoms with Gasteiger partial charge in [0, 0.05) is 18.7 Å². The van der Waals surface area contributed by atoms with Crippen LogP contribution < -0.4 is 10.6 Å². The Labute approximate surface area is 95.6 Å². The van der Waals surface area contributed by atoms with E-state index in [1.165, 1.54) is 0 Å². The number of hydrogen-bond acceptors (Lipinski definition) is 2. The molecule has 1 atom stereocenters. The van der Waals surface area contributed by atoms with E-state index in [-0.39, 0.29) is 11.9 Å². The first-order chi connectivity index (χ1) is 7.84. The molecule has 2 N–H and O–H groups in total. The molecule has 3 heteroatoms. The zero-order valence-corrected chi connectivity index (χ0v) is 9.15. The number of rotatable bonds is 3. The van der Waals surface area contributed by atoms with E-state index in [4.69, 9.17) is 0 Å². The second-order valence-corrected chi connectivity index (χ2v) is 3.94. The molecule has 0 radical (unpaired) electrons. The van der Waals surface area contributed by atoms with Gasteiger partial charge in [0.1, 0.15) is 0 Å². The van der Waals surface area contributed by atoms with Crippen molar-refractivity contribution in [1.29, 1.82) is 0 Å². The molecule has 1 fully saturated rings. The third kappa shape index (κ3) is 3.21. The van der Waals surface area contributed by atoms with E-state index >= 15 is 0 Å². The first-order valence-electron chi connectivity index (χ1n) is 5.59. The van der Waals surface area contributed by atoms with Crippen LogP contribution in [0.5, 0.6) is 0 Å². The van der Waals surface area contributed by atoms with Gasteiger partial charge in [0.05, 0.1) is 0 Å². The van der Waals surface area contributed by atoms with Crippen LogP contribution in [0.2, 0.25) is 0 Å². The largest absolute Gasteiger partial charge is 0.348 e. The van der Waals surface area contributed by atoms with Crippen LogP contribution in [-0.2, 0) is 4.79 Å². The summed E-state index contributed by atoms with van der Waals surface area (Å²) < 4.78 is 0. The Morgan fingerprint density at radius 3 is 2.88 bits per heavy atom. The Balaban J connectivity index is 1.84. The van der Waals surface area contributed by atoms with E-state index < -0.39 is 0 Å². The summed E-state index contributed by atoms with van der Waals surface area (Å²) in [6, 6.07) is 10.1. The van der Waals surface area contributed by atoms with Crippen LogP contribution >= 0.6 is 0 Å². The van der Waals surface area contributed by atoms with Crippen molar-refractivity contribution < 1.29 is 4.79 Å². The predicted molar refractivity (Wildman–Crippen MR) is 64.9 cm³/mol. The molecule has 1 saturated heterocycles. The first kappa shape index (κ1) is 10.9. The lowest BCUT2D eigenvalue weighted by molar-refractivity contribution is -0.117. The maximum Gasteiger partial charge on any atom is 0.244 e. The first-order valence-corrected chi connectivity index (χ1v) is 5.59. The van der Waals surface area contributed by atoms with Gasteiger partial charge in [-0.05, 0) is 24.6 Å². The van der Waals surface area contributed by atoms with Crippen molar-refractivity contribution in [1.82, 2.24) is 10.6 Å². The van der Waals surface area contributed by atoms with Crippen molar-refractivity contribution in [3.05, 3.63) is 42.0 Å². The summed E-state index contributed by atoms with van der Waals surface area (Å²) >= 11 is 0. The molecule has 2 rings (SSSR count). The fraction of sp³-hybridized carbons (Fsp3) is 0.308. The van der Waals surface area contributed by atoms with Gasteiger partial charge in [-0.1, -0.05) is 30.3 Å². The molecule has 0 saturated carbocycles. The summed E-state index contributed by atoms with van der Waals surface area (Å²) in [4.78, 5) is 11.5. The average molecular weight is 216 g/mol. The molecule has 84 valence electrons. The monoisotopic (exact) mass is 216 g/mol. The summed E-state index contributed by atoms with van der Waals surface area (Å²) in [5.74, 6) is -0.0162. The SMILES string of the molecule is O=C(/C=C/c1ccccc1)NC1CCNC1. The molecule has 0 bridgehead atoms. The van der Waals surface area contributed by atoms with Gasteiger partial charge in [0.2, 0.25) is 5.91 Å². The van der Waals surface area contributed by atoms with Crippen LogP contribution in [0, 0.1) is 0 Å². The molecule has 1 unspecified atom stereocenters. The molecule has 1 heterocycles. The molecular formula is C13H16N2O. The topological polar surface area (TPSA) is 41.1 Å². The van der Waals surface area contributed by atoms with E-state index in [2.05, 4.69) is 10.6 Å². The zero-order valence-electron chi connectivity index (χ0n) is 9.15. The van der Waals surface area contributed by atoms with Gasteiger partial charge in [0.25, 0.3) is 0 Å². The van der Waals surface area contributed by atoms with Crippen LogP contribution in [0.4, 0.5) is 0 Å². The molecule has 16 heavy (non-hydrogen) atoms. The molecule has 1 aliphatic heterocycles. The van der Waals surface area contributed by atoms with Crippen molar-refractivity contribution in [2.24, 2.45) is 0 Å². The van der Waals surface area contributed by atoms with E-state index in [0.717, 1.165) is 25.1 Å². The van der Waals surface area contributed by atoms with Gasteiger partial charge in [-0.2, -0.15) is 0 Å². The highest BCUT2D eigenvalue weighted by atomic mass is 16.1. The summed E-state index contributed by atoms with van der Waals surface area (Å²) in [6.45, 7) is 1.87. The highest BCUT2D eigenvalue weighted by Crippen LogP contribution is 2.01. The summed E-state index contributed by atoms with van der Waals surface area (Å²) in [5, 5.41) is 6.17. The van der Waals surface area contributed by atoms with Crippen LogP contribution in [0.3, 0.4) is 0 Å². The minimum Gasteiger partial charge on any atom is -0.348 e. The lowest BCUT2D eigenvalue weighted by Crippen LogP contribution is -2.34. The number of carbonyl (C=O) groups is 1. The van der Waals surface area contributed by atoms with Crippen LogP contribution in [0.25, 0.3) is 6.08 Å². The third-order valence-electron chi connectivity index (χ3n) is 2.63. The van der Waals surface area contributed by atoms with Gasteiger partial charge in [-0.3, -0.25) is 4.79 Å². The minimum absolute atomic E-state index is 0.0162. The smallest absolute Gasteiger partial charge is 0.244 e. The minimum atomic E-state index is -0.0162. The van der Waals surface area contributed by atoms with Gasteiger partial charge in [0.15, 0.2) is 0 Å². The Bertz CT molecular complexity index is 367. The number of amides is 1. The Kier molecular flexibility index (Phi) is 3.72. The van der Waals surface area contributed by atoms with Crippen molar-refractivity contribution in [2.75, 3.05) is 13.1 Å². The molecule has 0 spiro atoms. The lowest BCUT2D eigenvalue weighted by Gasteiger charge is -2.08. The molecule has 1 aromatic rings. The summed E-state index contributed by atoms with van der Waals surface area (Å²) in [6.07, 6.45) is 4.44. The van der Waals surface area contributed by atoms with Crippen LogP contribution in [0.1, 0.15) is 12.0 Å². The number of benzene rings is 1. The molecule has 0 aliphatic carbocycles. The zero-order chi connectivity index (χ0) is 11.2. The molecule has 3 nitrogen and oxygen atoms in total. The van der Waals surface area contributed by atoms with E-state index in [9.17, 15) is 4.79 Å². The van der Waals surface area contributed by atoms with Gasteiger partial charge in [-0.15, -0.1) is 0 Å². The van der Waals surface area contributed by atoms with E-state index in [1.807, 2.05) is 36.4 Å². The van der Waals surface area contributed by atoms with Crippen molar-refractivity contribution in [3.8, 4) is 0 Å². The predicted octanol–water partition coefficient (Wildman–Crippen LogP) is 1.18. The number of carbonyl (C=O) groups excluding carboxylic acids is 1. The molecule has 1 amide bonds.